The van der Waals surface area contributed by atoms with Crippen LogP contribution in [0.2, 0.25) is 0 Å². The Balaban J connectivity index is 1.76. The van der Waals surface area contributed by atoms with Crippen LogP contribution in [0.1, 0.15) is 34.0 Å². The number of nitrogens with two attached hydrogens (primary N) is 1. The first-order chi connectivity index (χ1) is 9.13. The number of hydrogen-bond donors (Lipinski definition) is 2. The molecule has 1 heterocycles. The van der Waals surface area contributed by atoms with Crippen molar-refractivity contribution in [3.05, 3.63) is 47.2 Å². The van der Waals surface area contributed by atoms with Gasteiger partial charge in [-0.1, -0.05) is 17.3 Å². The first-order valence-corrected chi connectivity index (χ1v) is 6.23. The minimum Gasteiger partial charge on any atom is -0.360 e. The molecule has 1 saturated carbocycles. The molecule has 1 aliphatic carbocycles. The maximum Gasteiger partial charge on any atom is 0.256 e. The maximum atomic E-state index is 12.1. The van der Waals surface area contributed by atoms with Crippen molar-refractivity contribution in [1.29, 1.82) is 0 Å². The van der Waals surface area contributed by atoms with Gasteiger partial charge in [0.2, 0.25) is 0 Å². The van der Waals surface area contributed by atoms with Crippen molar-refractivity contribution in [2.45, 2.75) is 25.3 Å². The van der Waals surface area contributed by atoms with Crippen molar-refractivity contribution in [2.75, 3.05) is 5.32 Å². The molecule has 1 fully saturated rings. The zero-order chi connectivity index (χ0) is 13.4. The second-order valence-electron chi connectivity index (χ2n) is 4.91. The second kappa shape index (κ2) is 4.51. The summed E-state index contributed by atoms with van der Waals surface area (Å²) in [6.07, 6.45) is 0.994. The molecule has 98 valence electrons. The SMILES string of the molecule is Cc1cc(NC(=O)c2cccc(C3CC3N)c2)no1. The fraction of sp³-hybridized carbons (Fsp3) is 0.286. The van der Waals surface area contributed by atoms with Gasteiger partial charge in [0.25, 0.3) is 5.91 Å². The summed E-state index contributed by atoms with van der Waals surface area (Å²) >= 11 is 0. The Kier molecular flexibility index (Phi) is 2.83. The number of carbonyl (C=O) groups excluding carboxylic acids is 1. The highest BCUT2D eigenvalue weighted by atomic mass is 16.5. The number of anilines is 1. The van der Waals surface area contributed by atoms with Gasteiger partial charge >= 0.3 is 0 Å². The van der Waals surface area contributed by atoms with Crippen LogP contribution in [-0.2, 0) is 0 Å². The molecule has 0 bridgehead atoms. The Hall–Kier alpha value is -2.14. The monoisotopic (exact) mass is 257 g/mol. The van der Waals surface area contributed by atoms with Crippen LogP contribution in [0.3, 0.4) is 0 Å². The highest BCUT2D eigenvalue weighted by Gasteiger charge is 2.34. The zero-order valence-corrected chi connectivity index (χ0v) is 10.6. The molecule has 2 unspecified atom stereocenters. The predicted octanol–water partition coefficient (Wildman–Crippen LogP) is 2.05. The van der Waals surface area contributed by atoms with Crippen LogP contribution in [0.5, 0.6) is 0 Å². The van der Waals surface area contributed by atoms with Gasteiger partial charge in [-0.15, -0.1) is 0 Å². The fourth-order valence-corrected chi connectivity index (χ4v) is 2.12. The lowest BCUT2D eigenvalue weighted by atomic mass is 10.1. The lowest BCUT2D eigenvalue weighted by Gasteiger charge is -2.04. The van der Waals surface area contributed by atoms with Crippen LogP contribution in [0.4, 0.5) is 5.82 Å². The standard InChI is InChI=1S/C14H15N3O2/c1-8-5-13(17-19-8)16-14(18)10-4-2-3-9(6-10)11-7-12(11)15/h2-6,11-12H,7,15H2,1H3,(H,16,17,18). The minimum absolute atomic E-state index is 0.190. The number of benzene rings is 1. The van der Waals surface area contributed by atoms with Gasteiger partial charge in [-0.25, -0.2) is 0 Å². The third-order valence-electron chi connectivity index (χ3n) is 3.29. The van der Waals surface area contributed by atoms with E-state index in [0.29, 0.717) is 23.1 Å². The van der Waals surface area contributed by atoms with E-state index in [-0.39, 0.29) is 11.9 Å². The molecule has 0 radical (unpaired) electrons. The zero-order valence-electron chi connectivity index (χ0n) is 10.6. The Morgan fingerprint density at radius 3 is 2.89 bits per heavy atom. The van der Waals surface area contributed by atoms with E-state index in [1.807, 2.05) is 18.2 Å². The molecule has 5 heteroatoms. The quantitative estimate of drug-likeness (QED) is 0.881. The molecule has 1 aliphatic rings. The molecule has 1 aromatic carbocycles. The van der Waals surface area contributed by atoms with Gasteiger partial charge in [-0.3, -0.25) is 4.79 Å². The summed E-state index contributed by atoms with van der Waals surface area (Å²) in [5.74, 6) is 1.29. The highest BCUT2D eigenvalue weighted by molar-refractivity contribution is 6.03. The van der Waals surface area contributed by atoms with Crippen LogP contribution in [0, 0.1) is 6.92 Å². The molecule has 1 amide bonds. The Morgan fingerprint density at radius 1 is 1.47 bits per heavy atom. The van der Waals surface area contributed by atoms with Crippen molar-refractivity contribution in [3.8, 4) is 0 Å². The van der Waals surface area contributed by atoms with Gasteiger partial charge in [-0.2, -0.15) is 0 Å². The maximum absolute atomic E-state index is 12.1. The van der Waals surface area contributed by atoms with E-state index in [4.69, 9.17) is 10.3 Å². The summed E-state index contributed by atoms with van der Waals surface area (Å²) < 4.78 is 4.91. The molecule has 2 aromatic rings. The lowest BCUT2D eigenvalue weighted by molar-refractivity contribution is 0.102. The van der Waals surface area contributed by atoms with E-state index in [2.05, 4.69) is 10.5 Å². The van der Waals surface area contributed by atoms with E-state index < -0.39 is 0 Å². The summed E-state index contributed by atoms with van der Waals surface area (Å²) in [5, 5.41) is 6.44. The number of amides is 1. The number of hydrogen-bond acceptors (Lipinski definition) is 4. The molecule has 5 nitrogen and oxygen atoms in total. The van der Waals surface area contributed by atoms with Crippen LogP contribution in [0.25, 0.3) is 0 Å². The highest BCUT2D eigenvalue weighted by Crippen LogP contribution is 2.39. The van der Waals surface area contributed by atoms with E-state index in [9.17, 15) is 4.79 Å². The van der Waals surface area contributed by atoms with E-state index in [1.54, 1.807) is 19.1 Å². The average Bonchev–Trinajstić information content (AvgIpc) is 3.00. The molecular weight excluding hydrogens is 242 g/mol. The van der Waals surface area contributed by atoms with Gasteiger partial charge in [0.1, 0.15) is 5.76 Å². The molecule has 0 spiro atoms. The number of aromatic nitrogens is 1. The van der Waals surface area contributed by atoms with Crippen LogP contribution >= 0.6 is 0 Å². The lowest BCUT2D eigenvalue weighted by Crippen LogP contribution is -2.12. The van der Waals surface area contributed by atoms with Crippen molar-refractivity contribution < 1.29 is 9.32 Å². The molecule has 3 N–H and O–H groups in total. The van der Waals surface area contributed by atoms with E-state index >= 15 is 0 Å². The van der Waals surface area contributed by atoms with Crippen LogP contribution < -0.4 is 11.1 Å². The Bertz CT molecular complexity index is 621. The molecule has 19 heavy (non-hydrogen) atoms. The largest absolute Gasteiger partial charge is 0.360 e. The summed E-state index contributed by atoms with van der Waals surface area (Å²) in [7, 11) is 0. The molecule has 0 saturated heterocycles. The van der Waals surface area contributed by atoms with Crippen molar-refractivity contribution in [1.82, 2.24) is 5.16 Å². The first kappa shape index (κ1) is 11.9. The van der Waals surface area contributed by atoms with Crippen molar-refractivity contribution in [2.24, 2.45) is 5.73 Å². The number of aryl methyl sites for hydroxylation is 1. The molecule has 1 aromatic heterocycles. The van der Waals surface area contributed by atoms with Gasteiger partial charge in [0, 0.05) is 23.6 Å². The van der Waals surface area contributed by atoms with Gasteiger partial charge in [-0.05, 0) is 31.0 Å². The second-order valence-corrected chi connectivity index (χ2v) is 4.91. The van der Waals surface area contributed by atoms with Crippen LogP contribution in [0.15, 0.2) is 34.9 Å². The minimum atomic E-state index is -0.190. The molecule has 3 rings (SSSR count). The third kappa shape index (κ3) is 2.51. The van der Waals surface area contributed by atoms with Crippen molar-refractivity contribution >= 4 is 11.7 Å². The number of carbonyl (C=O) groups is 1. The summed E-state index contributed by atoms with van der Waals surface area (Å²) in [5.41, 5.74) is 7.56. The van der Waals surface area contributed by atoms with E-state index in [1.165, 1.54) is 0 Å². The fourth-order valence-electron chi connectivity index (χ4n) is 2.12. The molecule has 2 atom stereocenters. The van der Waals surface area contributed by atoms with Gasteiger partial charge < -0.3 is 15.6 Å². The number of nitrogens with one attached hydrogen (secondary N) is 1. The topological polar surface area (TPSA) is 81.2 Å². The summed E-state index contributed by atoms with van der Waals surface area (Å²) in [4.78, 5) is 12.1. The van der Waals surface area contributed by atoms with Crippen LogP contribution in [-0.4, -0.2) is 17.1 Å². The Labute approximate surface area is 110 Å². The normalized spacial score (nSPS) is 21.2. The number of rotatable bonds is 3. The predicted molar refractivity (Wildman–Crippen MR) is 71.0 cm³/mol. The van der Waals surface area contributed by atoms with Gasteiger partial charge in [0.15, 0.2) is 5.82 Å². The smallest absolute Gasteiger partial charge is 0.256 e. The first-order valence-electron chi connectivity index (χ1n) is 6.23. The molecule has 0 aliphatic heterocycles. The summed E-state index contributed by atoms with van der Waals surface area (Å²) in [6.45, 7) is 1.78. The Morgan fingerprint density at radius 2 is 2.26 bits per heavy atom. The van der Waals surface area contributed by atoms with E-state index in [0.717, 1.165) is 12.0 Å². The molecular formula is C14H15N3O2. The third-order valence-corrected chi connectivity index (χ3v) is 3.29. The van der Waals surface area contributed by atoms with Gasteiger partial charge in [0.05, 0.1) is 0 Å². The average molecular weight is 257 g/mol. The summed E-state index contributed by atoms with van der Waals surface area (Å²) in [6, 6.07) is 9.46. The number of nitrogens with zero attached hydrogens (tertiary/aromatic N) is 1. The van der Waals surface area contributed by atoms with Crippen molar-refractivity contribution in [3.63, 3.8) is 0 Å².